The van der Waals surface area contributed by atoms with Gasteiger partial charge in [-0.2, -0.15) is 5.26 Å². The number of thiophene rings is 1. The van der Waals surface area contributed by atoms with Crippen LogP contribution >= 0.6 is 11.3 Å². The molecule has 2 aromatic heterocycles. The number of fused-ring (bicyclic) bond motifs is 1. The highest BCUT2D eigenvalue weighted by molar-refractivity contribution is 7.16. The predicted octanol–water partition coefficient (Wildman–Crippen LogP) is 3.51. The fourth-order valence-corrected chi connectivity index (χ4v) is 4.62. The zero-order chi connectivity index (χ0) is 20.4. The molecule has 0 aromatic carbocycles. The van der Waals surface area contributed by atoms with Crippen molar-refractivity contribution in [3.8, 4) is 6.07 Å². The van der Waals surface area contributed by atoms with Gasteiger partial charge in [-0.05, 0) is 36.6 Å². The lowest BCUT2D eigenvalue weighted by Crippen LogP contribution is -2.52. The first kappa shape index (κ1) is 19.2. The molecule has 150 valence electrons. The molecule has 29 heavy (non-hydrogen) atoms. The third kappa shape index (κ3) is 4.17. The fourth-order valence-electron chi connectivity index (χ4n) is 3.35. The summed E-state index contributed by atoms with van der Waals surface area (Å²) in [6.07, 6.45) is 4.26. The molecule has 1 aliphatic heterocycles. The Balaban J connectivity index is 1.41. The molecular weight excluding hydrogens is 397 g/mol. The molecule has 2 amide bonds. The Labute approximate surface area is 170 Å². The van der Waals surface area contributed by atoms with Gasteiger partial charge in [-0.3, -0.25) is 4.79 Å². The van der Waals surface area contributed by atoms with Gasteiger partial charge in [-0.25, -0.2) is 9.18 Å². The van der Waals surface area contributed by atoms with Crippen LogP contribution in [0.1, 0.15) is 28.2 Å². The van der Waals surface area contributed by atoms with Crippen LogP contribution in [0.3, 0.4) is 0 Å². The summed E-state index contributed by atoms with van der Waals surface area (Å²) in [5.74, 6) is 0.190. The van der Waals surface area contributed by atoms with E-state index in [0.717, 1.165) is 10.4 Å². The summed E-state index contributed by atoms with van der Waals surface area (Å²) in [4.78, 5) is 26.5. The number of hydrogen-bond donors (Lipinski definition) is 1. The number of nitrogens with zero attached hydrogens (tertiary/aromatic N) is 2. The van der Waals surface area contributed by atoms with E-state index in [-0.39, 0.29) is 25.1 Å². The summed E-state index contributed by atoms with van der Waals surface area (Å²) < 4.78 is 23.5. The van der Waals surface area contributed by atoms with E-state index in [1.165, 1.54) is 28.6 Å². The minimum absolute atomic E-state index is 0.0795. The third-order valence-corrected chi connectivity index (χ3v) is 6.04. The fraction of sp³-hybridized carbons (Fsp3) is 0.350. The molecule has 2 aliphatic rings. The van der Waals surface area contributed by atoms with Gasteiger partial charge >= 0.3 is 6.09 Å². The van der Waals surface area contributed by atoms with Crippen molar-refractivity contribution in [1.82, 2.24) is 4.90 Å². The number of rotatable bonds is 4. The molecule has 1 atom stereocenters. The zero-order valence-electron chi connectivity index (χ0n) is 15.4. The number of likely N-dealkylation sites (tertiary alicyclic amines) is 1. The van der Waals surface area contributed by atoms with Gasteiger partial charge in [-0.1, -0.05) is 0 Å². The summed E-state index contributed by atoms with van der Waals surface area (Å²) in [5, 5.41) is 12.8. The number of nitrogens with one attached hydrogen (secondary N) is 1. The number of hydrogen-bond acceptors (Lipinski definition) is 6. The Morgan fingerprint density at radius 2 is 2.28 bits per heavy atom. The number of anilines is 1. The molecular formula is C20H18FN3O4S. The monoisotopic (exact) mass is 415 g/mol. The molecule has 1 unspecified atom stereocenters. The van der Waals surface area contributed by atoms with Crippen LogP contribution in [-0.2, 0) is 22.4 Å². The summed E-state index contributed by atoms with van der Waals surface area (Å²) in [6.45, 7) is 0.159. The number of carbonyl (C=O) groups is 2. The highest BCUT2D eigenvalue weighted by Crippen LogP contribution is 2.38. The average molecular weight is 415 g/mol. The summed E-state index contributed by atoms with van der Waals surface area (Å²) in [7, 11) is 0. The molecule has 1 aliphatic carbocycles. The number of nitriles is 1. The summed E-state index contributed by atoms with van der Waals surface area (Å²) >= 11 is 1.32. The maximum Gasteiger partial charge on any atom is 0.410 e. The lowest BCUT2D eigenvalue weighted by molar-refractivity contribution is -0.111. The van der Waals surface area contributed by atoms with E-state index >= 15 is 0 Å². The second kappa shape index (κ2) is 8.09. The second-order valence-corrected chi connectivity index (χ2v) is 8.01. The predicted molar refractivity (Wildman–Crippen MR) is 104 cm³/mol. The number of amides is 2. The highest BCUT2D eigenvalue weighted by Gasteiger charge is 2.34. The van der Waals surface area contributed by atoms with Crippen molar-refractivity contribution in [2.45, 2.75) is 31.5 Å². The lowest BCUT2D eigenvalue weighted by Gasteiger charge is -2.35. The number of ether oxygens (including phenoxy) is 1. The van der Waals surface area contributed by atoms with Gasteiger partial charge in [0.1, 0.15) is 29.1 Å². The van der Waals surface area contributed by atoms with Gasteiger partial charge in [0, 0.05) is 17.4 Å². The van der Waals surface area contributed by atoms with Crippen LogP contribution in [0.4, 0.5) is 14.2 Å². The van der Waals surface area contributed by atoms with Crippen LogP contribution in [0.25, 0.3) is 6.08 Å². The minimum atomic E-state index is -0.969. The van der Waals surface area contributed by atoms with Crippen LogP contribution in [0.15, 0.2) is 28.9 Å². The molecule has 4 rings (SSSR count). The normalized spacial score (nSPS) is 18.8. The van der Waals surface area contributed by atoms with Crippen molar-refractivity contribution in [3.63, 3.8) is 0 Å². The Hall–Kier alpha value is -3.12. The van der Waals surface area contributed by atoms with Crippen LogP contribution in [0.5, 0.6) is 0 Å². The average Bonchev–Trinajstić information content (AvgIpc) is 3.30. The number of alkyl halides is 1. The summed E-state index contributed by atoms with van der Waals surface area (Å²) in [5.41, 5.74) is 1.35. The molecule has 0 bridgehead atoms. The van der Waals surface area contributed by atoms with Crippen LogP contribution in [-0.4, -0.2) is 42.3 Å². The van der Waals surface area contributed by atoms with Crippen molar-refractivity contribution >= 4 is 34.4 Å². The number of carbonyl (C=O) groups excluding carboxylic acids is 2. The van der Waals surface area contributed by atoms with Crippen molar-refractivity contribution < 1.29 is 23.1 Å². The lowest BCUT2D eigenvalue weighted by atomic mass is 9.94. The van der Waals surface area contributed by atoms with E-state index < -0.39 is 12.3 Å². The first-order valence-corrected chi connectivity index (χ1v) is 10.0. The Morgan fingerprint density at radius 3 is 2.97 bits per heavy atom. The maximum atomic E-state index is 12.9. The number of halogens is 1. The van der Waals surface area contributed by atoms with E-state index in [2.05, 4.69) is 11.4 Å². The molecule has 1 fully saturated rings. The largest absolute Gasteiger partial charge is 0.465 e. The topological polar surface area (TPSA) is 95.6 Å². The Morgan fingerprint density at radius 1 is 1.45 bits per heavy atom. The quantitative estimate of drug-likeness (QED) is 0.771. The van der Waals surface area contributed by atoms with Crippen molar-refractivity contribution in [2.24, 2.45) is 0 Å². The van der Waals surface area contributed by atoms with Crippen LogP contribution < -0.4 is 5.32 Å². The van der Waals surface area contributed by atoms with E-state index in [1.807, 2.05) is 0 Å². The smallest absolute Gasteiger partial charge is 0.410 e. The van der Waals surface area contributed by atoms with E-state index in [0.29, 0.717) is 35.6 Å². The van der Waals surface area contributed by atoms with Gasteiger partial charge in [0.2, 0.25) is 5.91 Å². The standard InChI is InChI=1S/C20H18FN3O4S/c21-12-10-24(11-12)20(26)28-14-3-5-15-16(9-22)19(29-17(15)8-14)23-18(25)6-4-13-2-1-7-27-13/h1-2,4,6-7,12,14H,3,5,8,10-11H2,(H,23,25). The van der Waals surface area contributed by atoms with E-state index in [4.69, 9.17) is 9.15 Å². The van der Waals surface area contributed by atoms with Gasteiger partial charge in [0.25, 0.3) is 0 Å². The molecule has 0 saturated carbocycles. The molecule has 1 N–H and O–H groups in total. The van der Waals surface area contributed by atoms with Gasteiger partial charge in [-0.15, -0.1) is 11.3 Å². The first-order valence-electron chi connectivity index (χ1n) is 9.20. The van der Waals surface area contributed by atoms with Gasteiger partial charge in [0.05, 0.1) is 24.9 Å². The second-order valence-electron chi connectivity index (χ2n) is 6.91. The highest BCUT2D eigenvalue weighted by atomic mass is 32.1. The molecule has 1 saturated heterocycles. The van der Waals surface area contributed by atoms with Gasteiger partial charge < -0.3 is 19.4 Å². The molecule has 2 aromatic rings. The van der Waals surface area contributed by atoms with E-state index in [9.17, 15) is 19.2 Å². The maximum absolute atomic E-state index is 12.9. The first-order chi connectivity index (χ1) is 14.0. The van der Waals surface area contributed by atoms with Crippen LogP contribution in [0.2, 0.25) is 0 Å². The Bertz CT molecular complexity index is 986. The molecule has 0 spiro atoms. The van der Waals surface area contributed by atoms with Crippen molar-refractivity contribution in [3.05, 3.63) is 46.2 Å². The Kier molecular flexibility index (Phi) is 5.36. The van der Waals surface area contributed by atoms with Crippen LogP contribution in [0, 0.1) is 11.3 Å². The molecule has 0 radical (unpaired) electrons. The SMILES string of the molecule is N#Cc1c(NC(=O)C=Cc2ccco2)sc2c1CCC(OC(=O)N1CC(F)C1)C2. The van der Waals surface area contributed by atoms with Gasteiger partial charge in [0.15, 0.2) is 0 Å². The number of furan rings is 1. The van der Waals surface area contributed by atoms with Crippen molar-refractivity contribution in [2.75, 3.05) is 18.4 Å². The third-order valence-electron chi connectivity index (χ3n) is 4.87. The summed E-state index contributed by atoms with van der Waals surface area (Å²) in [6, 6.07) is 5.62. The molecule has 9 heteroatoms. The molecule has 3 heterocycles. The van der Waals surface area contributed by atoms with E-state index in [1.54, 1.807) is 18.2 Å². The minimum Gasteiger partial charge on any atom is -0.465 e. The molecule has 7 nitrogen and oxygen atoms in total. The van der Waals surface area contributed by atoms with Crippen molar-refractivity contribution in [1.29, 1.82) is 5.26 Å². The zero-order valence-corrected chi connectivity index (χ0v) is 16.2.